The van der Waals surface area contributed by atoms with Crippen LogP contribution in [0, 0.1) is 5.92 Å². The SMILES string of the molecule is C=CCOC(=O)[C@H](CCCC)[C@@H](O[Si](C(C)C)(C(C)C)C(C)C)[C@H](C)OC(=O)[C@@H](NC(=O)OCc1ccccc1)[C@@H](C)O. The van der Waals surface area contributed by atoms with E-state index in [2.05, 4.69) is 53.4 Å². The first kappa shape index (κ1) is 38.3. The number of nitrogens with one attached hydrogen (secondary N) is 1. The van der Waals surface area contributed by atoms with Gasteiger partial charge in [-0.05, 0) is 42.5 Å². The Morgan fingerprint density at radius 3 is 2.00 bits per heavy atom. The van der Waals surface area contributed by atoms with E-state index in [0.717, 1.165) is 18.4 Å². The lowest BCUT2D eigenvalue weighted by atomic mass is 9.93. The van der Waals surface area contributed by atoms with E-state index in [9.17, 15) is 19.5 Å². The minimum atomic E-state index is -2.56. The second-order valence-corrected chi connectivity index (χ2v) is 17.5. The van der Waals surface area contributed by atoms with E-state index in [0.29, 0.717) is 6.42 Å². The maximum Gasteiger partial charge on any atom is 0.408 e. The van der Waals surface area contributed by atoms with Crippen LogP contribution in [0.4, 0.5) is 4.79 Å². The highest BCUT2D eigenvalue weighted by Crippen LogP contribution is 2.44. The summed E-state index contributed by atoms with van der Waals surface area (Å²) in [5.74, 6) is -1.98. The first-order valence-corrected chi connectivity index (χ1v) is 17.7. The lowest BCUT2D eigenvalue weighted by Gasteiger charge is -2.47. The van der Waals surface area contributed by atoms with Crippen molar-refractivity contribution in [3.05, 3.63) is 48.6 Å². The van der Waals surface area contributed by atoms with Crippen molar-refractivity contribution in [2.45, 2.75) is 129 Å². The number of unbranched alkanes of at least 4 members (excludes halogenated alkanes) is 1. The van der Waals surface area contributed by atoms with Crippen LogP contribution in [0.15, 0.2) is 43.0 Å². The fourth-order valence-corrected chi connectivity index (χ4v) is 11.5. The van der Waals surface area contributed by atoms with E-state index in [-0.39, 0.29) is 29.8 Å². The first-order valence-electron chi connectivity index (χ1n) is 15.5. The topological polar surface area (TPSA) is 120 Å². The van der Waals surface area contributed by atoms with E-state index in [1.165, 1.54) is 13.0 Å². The van der Waals surface area contributed by atoms with Crippen LogP contribution in [-0.4, -0.2) is 62.4 Å². The van der Waals surface area contributed by atoms with Crippen LogP contribution >= 0.6 is 0 Å². The number of benzene rings is 1. The number of alkyl carbamates (subject to hydrolysis) is 1. The lowest BCUT2D eigenvalue weighted by molar-refractivity contribution is -0.167. The van der Waals surface area contributed by atoms with Crippen LogP contribution in [-0.2, 0) is 34.8 Å². The number of carbonyl (C=O) groups is 3. The molecule has 9 nitrogen and oxygen atoms in total. The van der Waals surface area contributed by atoms with E-state index in [4.69, 9.17) is 18.6 Å². The number of hydrogen-bond donors (Lipinski definition) is 2. The zero-order valence-corrected chi connectivity index (χ0v) is 28.6. The molecule has 0 heterocycles. The summed E-state index contributed by atoms with van der Waals surface area (Å²) in [6, 6.07) is 7.71. The molecule has 0 spiro atoms. The van der Waals surface area contributed by atoms with Gasteiger partial charge in [-0.1, -0.05) is 104 Å². The van der Waals surface area contributed by atoms with Crippen LogP contribution in [0.2, 0.25) is 16.6 Å². The summed E-state index contributed by atoms with van der Waals surface area (Å²) in [5.41, 5.74) is 1.40. The van der Waals surface area contributed by atoms with Crippen LogP contribution in [0.5, 0.6) is 0 Å². The summed E-state index contributed by atoms with van der Waals surface area (Å²) in [5, 5.41) is 12.8. The summed E-state index contributed by atoms with van der Waals surface area (Å²) in [6.45, 7) is 21.7. The first-order chi connectivity index (χ1) is 20.2. The fourth-order valence-electron chi connectivity index (χ4n) is 5.83. The molecule has 244 valence electrons. The molecule has 0 aliphatic heterocycles. The summed E-state index contributed by atoms with van der Waals surface area (Å²) in [6.07, 6.45) is -0.227. The highest BCUT2D eigenvalue weighted by atomic mass is 28.4. The normalized spacial score (nSPS) is 15.4. The smallest absolute Gasteiger partial charge is 0.408 e. The van der Waals surface area contributed by atoms with Crippen LogP contribution in [0.25, 0.3) is 0 Å². The zero-order valence-electron chi connectivity index (χ0n) is 27.6. The van der Waals surface area contributed by atoms with Crippen molar-refractivity contribution in [3.63, 3.8) is 0 Å². The molecule has 0 bridgehead atoms. The molecular formula is C33H55NO8Si. The third-order valence-electron chi connectivity index (χ3n) is 7.95. The van der Waals surface area contributed by atoms with Crippen LogP contribution in [0.3, 0.4) is 0 Å². The molecule has 10 heteroatoms. The molecular weight excluding hydrogens is 566 g/mol. The molecule has 0 aliphatic carbocycles. The molecule has 0 aliphatic rings. The number of hydrogen-bond acceptors (Lipinski definition) is 8. The largest absolute Gasteiger partial charge is 0.461 e. The van der Waals surface area contributed by atoms with Gasteiger partial charge in [0.1, 0.15) is 19.3 Å². The molecule has 0 unspecified atom stereocenters. The molecule has 5 atom stereocenters. The minimum Gasteiger partial charge on any atom is -0.461 e. The maximum absolute atomic E-state index is 13.4. The van der Waals surface area contributed by atoms with E-state index in [1.54, 1.807) is 19.1 Å². The van der Waals surface area contributed by atoms with Crippen molar-refractivity contribution < 1.29 is 38.1 Å². The van der Waals surface area contributed by atoms with Crippen molar-refractivity contribution in [3.8, 4) is 0 Å². The second kappa shape index (κ2) is 18.9. The Balaban J connectivity index is 3.34. The molecule has 1 amide bonds. The average molecular weight is 622 g/mol. The van der Waals surface area contributed by atoms with Gasteiger partial charge in [0.2, 0.25) is 8.32 Å². The number of rotatable bonds is 19. The Labute approximate surface area is 259 Å². The summed E-state index contributed by atoms with van der Waals surface area (Å²) in [7, 11) is -2.56. The lowest BCUT2D eigenvalue weighted by Crippen LogP contribution is -2.56. The van der Waals surface area contributed by atoms with Crippen molar-refractivity contribution in [2.24, 2.45) is 5.92 Å². The van der Waals surface area contributed by atoms with Gasteiger partial charge in [-0.3, -0.25) is 4.79 Å². The van der Waals surface area contributed by atoms with Gasteiger partial charge < -0.3 is 29.1 Å². The molecule has 0 radical (unpaired) electrons. The van der Waals surface area contributed by atoms with Crippen LogP contribution in [0.1, 0.15) is 87.1 Å². The Bertz CT molecular complexity index is 976. The highest BCUT2D eigenvalue weighted by Gasteiger charge is 2.50. The van der Waals surface area contributed by atoms with Crippen molar-refractivity contribution >= 4 is 26.3 Å². The number of amides is 1. The van der Waals surface area contributed by atoms with Gasteiger partial charge in [0.15, 0.2) is 6.04 Å². The summed E-state index contributed by atoms with van der Waals surface area (Å²) >= 11 is 0. The molecule has 43 heavy (non-hydrogen) atoms. The molecule has 1 aromatic rings. The molecule has 0 saturated heterocycles. The Kier molecular flexibility index (Phi) is 16.8. The van der Waals surface area contributed by atoms with E-state index < -0.39 is 56.6 Å². The maximum atomic E-state index is 13.4. The Morgan fingerprint density at radius 2 is 1.51 bits per heavy atom. The predicted molar refractivity (Wildman–Crippen MR) is 171 cm³/mol. The molecule has 1 rings (SSSR count). The van der Waals surface area contributed by atoms with Gasteiger partial charge in [0, 0.05) is 0 Å². The summed E-state index contributed by atoms with van der Waals surface area (Å²) in [4.78, 5) is 39.4. The number of aliphatic hydroxyl groups is 1. The van der Waals surface area contributed by atoms with Crippen molar-refractivity contribution in [1.29, 1.82) is 0 Å². The van der Waals surface area contributed by atoms with Crippen molar-refractivity contribution in [2.75, 3.05) is 6.61 Å². The monoisotopic (exact) mass is 621 g/mol. The van der Waals surface area contributed by atoms with Gasteiger partial charge in [-0.25, -0.2) is 9.59 Å². The Morgan fingerprint density at radius 1 is 0.930 bits per heavy atom. The average Bonchev–Trinajstić information content (AvgIpc) is 2.94. The quantitative estimate of drug-likeness (QED) is 0.0759. The molecule has 0 aromatic heterocycles. The number of ether oxygens (including phenoxy) is 3. The predicted octanol–water partition coefficient (Wildman–Crippen LogP) is 6.69. The molecule has 0 fully saturated rings. The number of carbonyl (C=O) groups excluding carboxylic acids is 3. The zero-order chi connectivity index (χ0) is 32.7. The van der Waals surface area contributed by atoms with E-state index >= 15 is 0 Å². The summed E-state index contributed by atoms with van der Waals surface area (Å²) < 4.78 is 23.8. The third kappa shape index (κ3) is 11.4. The number of esters is 2. The van der Waals surface area contributed by atoms with E-state index in [1.807, 2.05) is 25.1 Å². The van der Waals surface area contributed by atoms with Gasteiger partial charge in [0.05, 0.1) is 18.1 Å². The second-order valence-electron chi connectivity index (χ2n) is 12.1. The molecule has 1 aromatic carbocycles. The number of aliphatic hydroxyl groups excluding tert-OH is 1. The van der Waals surface area contributed by atoms with Gasteiger partial charge >= 0.3 is 18.0 Å². The van der Waals surface area contributed by atoms with Gasteiger partial charge in [-0.2, -0.15) is 0 Å². The molecule has 2 N–H and O–H groups in total. The third-order valence-corrected chi connectivity index (χ3v) is 14.0. The Hall–Kier alpha value is -2.69. The van der Waals surface area contributed by atoms with Crippen LogP contribution < -0.4 is 5.32 Å². The minimum absolute atomic E-state index is 0.00118. The standard InChI is InChI=1S/C33H55NO8Si/c1-11-13-19-28(31(36)39-20-12-2)30(42-43(22(3)4,23(5)6)24(7)8)26(10)41-32(37)29(25(9)35)34-33(38)40-21-27-17-15-14-16-18-27/h12,14-18,22-26,28-30,35H,2,11,13,19-21H2,1,3-10H3,(H,34,38)/t25-,26+,28-,29+,30+/m1/s1. The van der Waals surface area contributed by atoms with Gasteiger partial charge in [0.25, 0.3) is 0 Å². The molecule has 0 saturated carbocycles. The van der Waals surface area contributed by atoms with Gasteiger partial charge in [-0.15, -0.1) is 0 Å². The fraction of sp³-hybridized carbons (Fsp3) is 0.667. The van der Waals surface area contributed by atoms with Crippen molar-refractivity contribution in [1.82, 2.24) is 5.32 Å². The highest BCUT2D eigenvalue weighted by molar-refractivity contribution is 6.77.